The fourth-order valence-corrected chi connectivity index (χ4v) is 2.64. The van der Waals surface area contributed by atoms with Crippen molar-refractivity contribution in [2.75, 3.05) is 0 Å². The van der Waals surface area contributed by atoms with Gasteiger partial charge in [0, 0.05) is 0 Å². The van der Waals surface area contributed by atoms with Crippen LogP contribution in [0.2, 0.25) is 0 Å². The molecule has 0 atom stereocenters. The SMILES string of the molecule is NS(=O)(=O)c1ccc(Sc2ccc(C(=O)O)o2)c(F)c1. The molecule has 106 valence electrons. The average Bonchev–Trinajstić information content (AvgIpc) is 2.79. The Labute approximate surface area is 117 Å². The third-order valence-corrected chi connectivity index (χ3v) is 4.12. The number of carbonyl (C=O) groups is 1. The maximum Gasteiger partial charge on any atom is 0.371 e. The van der Waals surface area contributed by atoms with Gasteiger partial charge in [0.2, 0.25) is 15.8 Å². The monoisotopic (exact) mass is 317 g/mol. The molecule has 1 heterocycles. The van der Waals surface area contributed by atoms with Crippen LogP contribution in [0.25, 0.3) is 0 Å². The molecule has 1 aromatic heterocycles. The number of nitrogens with two attached hydrogens (primary N) is 1. The summed E-state index contributed by atoms with van der Waals surface area (Å²) < 4.78 is 40.8. The van der Waals surface area contributed by atoms with E-state index in [2.05, 4.69) is 0 Å². The van der Waals surface area contributed by atoms with Gasteiger partial charge in [-0.15, -0.1) is 0 Å². The lowest BCUT2D eigenvalue weighted by molar-refractivity contribution is 0.0656. The highest BCUT2D eigenvalue weighted by molar-refractivity contribution is 7.99. The number of furan rings is 1. The number of benzene rings is 1. The van der Waals surface area contributed by atoms with Crippen LogP contribution in [0.5, 0.6) is 0 Å². The number of sulfonamides is 1. The maximum absolute atomic E-state index is 13.7. The van der Waals surface area contributed by atoms with Crippen LogP contribution in [0.1, 0.15) is 10.6 Å². The average molecular weight is 317 g/mol. The van der Waals surface area contributed by atoms with Crippen molar-refractivity contribution >= 4 is 27.8 Å². The van der Waals surface area contributed by atoms with E-state index < -0.39 is 21.8 Å². The molecule has 0 aliphatic rings. The molecule has 3 N–H and O–H groups in total. The number of aromatic carboxylic acids is 1. The summed E-state index contributed by atoms with van der Waals surface area (Å²) in [5.74, 6) is -2.30. The van der Waals surface area contributed by atoms with Gasteiger partial charge >= 0.3 is 5.97 Å². The molecule has 6 nitrogen and oxygen atoms in total. The Bertz CT molecular complexity index is 769. The molecule has 0 radical (unpaired) electrons. The van der Waals surface area contributed by atoms with E-state index in [4.69, 9.17) is 14.7 Å². The van der Waals surface area contributed by atoms with Crippen LogP contribution in [0.4, 0.5) is 4.39 Å². The molecule has 0 saturated heterocycles. The third-order valence-electron chi connectivity index (χ3n) is 2.23. The van der Waals surface area contributed by atoms with Gasteiger partial charge in [-0.25, -0.2) is 22.7 Å². The Morgan fingerprint density at radius 1 is 1.30 bits per heavy atom. The van der Waals surface area contributed by atoms with Crippen molar-refractivity contribution in [1.29, 1.82) is 0 Å². The lowest BCUT2D eigenvalue weighted by Gasteiger charge is -2.03. The summed E-state index contributed by atoms with van der Waals surface area (Å²) >= 11 is 0.831. The van der Waals surface area contributed by atoms with E-state index in [1.807, 2.05) is 0 Å². The van der Waals surface area contributed by atoms with Gasteiger partial charge < -0.3 is 9.52 Å². The fourth-order valence-electron chi connectivity index (χ4n) is 1.34. The highest BCUT2D eigenvalue weighted by atomic mass is 32.2. The van der Waals surface area contributed by atoms with Crippen molar-refractivity contribution < 1.29 is 27.1 Å². The second kappa shape index (κ2) is 5.27. The molecule has 0 unspecified atom stereocenters. The molecule has 20 heavy (non-hydrogen) atoms. The topological polar surface area (TPSA) is 111 Å². The van der Waals surface area contributed by atoms with E-state index in [-0.39, 0.29) is 20.6 Å². The zero-order valence-corrected chi connectivity index (χ0v) is 11.4. The summed E-state index contributed by atoms with van der Waals surface area (Å²) in [4.78, 5) is 10.4. The summed E-state index contributed by atoms with van der Waals surface area (Å²) in [6.07, 6.45) is 0. The number of primary sulfonamides is 1. The minimum absolute atomic E-state index is 0.0867. The van der Waals surface area contributed by atoms with E-state index in [9.17, 15) is 17.6 Å². The van der Waals surface area contributed by atoms with Crippen molar-refractivity contribution in [3.05, 3.63) is 41.9 Å². The molecule has 0 aliphatic carbocycles. The van der Waals surface area contributed by atoms with Gasteiger partial charge in [-0.1, -0.05) is 0 Å². The van der Waals surface area contributed by atoms with Gasteiger partial charge in [0.25, 0.3) is 0 Å². The summed E-state index contributed by atoms with van der Waals surface area (Å²) in [7, 11) is -3.97. The molecular formula is C11H8FNO5S2. The molecule has 0 bridgehead atoms. The number of hydrogen-bond acceptors (Lipinski definition) is 5. The maximum atomic E-state index is 13.7. The number of carboxylic acids is 1. The lowest BCUT2D eigenvalue weighted by atomic mass is 10.3. The van der Waals surface area contributed by atoms with Crippen LogP contribution >= 0.6 is 11.8 Å². The van der Waals surface area contributed by atoms with E-state index in [1.54, 1.807) is 0 Å². The minimum atomic E-state index is -3.97. The van der Waals surface area contributed by atoms with Crippen molar-refractivity contribution in [1.82, 2.24) is 0 Å². The smallest absolute Gasteiger partial charge is 0.371 e. The summed E-state index contributed by atoms with van der Waals surface area (Å²) in [6.45, 7) is 0. The molecule has 0 spiro atoms. The van der Waals surface area contributed by atoms with Gasteiger partial charge in [-0.05, 0) is 42.1 Å². The van der Waals surface area contributed by atoms with Crippen molar-refractivity contribution in [2.45, 2.75) is 14.9 Å². The Hall–Kier alpha value is -1.84. The van der Waals surface area contributed by atoms with Crippen molar-refractivity contribution in [2.24, 2.45) is 5.14 Å². The van der Waals surface area contributed by atoms with E-state index in [0.29, 0.717) is 0 Å². The molecule has 0 aliphatic heterocycles. The summed E-state index contributed by atoms with van der Waals surface area (Å²) in [6, 6.07) is 5.78. The normalized spacial score (nSPS) is 11.5. The van der Waals surface area contributed by atoms with E-state index in [0.717, 1.165) is 23.9 Å². The van der Waals surface area contributed by atoms with Gasteiger partial charge in [-0.3, -0.25) is 0 Å². The quantitative estimate of drug-likeness (QED) is 0.891. The Morgan fingerprint density at radius 2 is 2.00 bits per heavy atom. The zero-order valence-electron chi connectivity index (χ0n) is 9.74. The first-order chi connectivity index (χ1) is 9.27. The van der Waals surface area contributed by atoms with Crippen LogP contribution in [-0.2, 0) is 10.0 Å². The van der Waals surface area contributed by atoms with Crippen LogP contribution in [0, 0.1) is 5.82 Å². The first kappa shape index (κ1) is 14.6. The highest BCUT2D eigenvalue weighted by Gasteiger charge is 2.15. The lowest BCUT2D eigenvalue weighted by Crippen LogP contribution is -2.12. The van der Waals surface area contributed by atoms with Gasteiger partial charge in [0.05, 0.1) is 9.79 Å². The fraction of sp³-hybridized carbons (Fsp3) is 0. The Kier molecular flexibility index (Phi) is 3.84. The second-order valence-electron chi connectivity index (χ2n) is 3.66. The largest absolute Gasteiger partial charge is 0.475 e. The number of hydrogen-bond donors (Lipinski definition) is 2. The Morgan fingerprint density at radius 3 is 2.50 bits per heavy atom. The Balaban J connectivity index is 2.28. The minimum Gasteiger partial charge on any atom is -0.475 e. The first-order valence-electron chi connectivity index (χ1n) is 5.11. The number of halogens is 1. The van der Waals surface area contributed by atoms with E-state index >= 15 is 0 Å². The first-order valence-corrected chi connectivity index (χ1v) is 7.47. The van der Waals surface area contributed by atoms with Crippen molar-refractivity contribution in [3.63, 3.8) is 0 Å². The second-order valence-corrected chi connectivity index (χ2v) is 6.27. The third kappa shape index (κ3) is 3.18. The number of rotatable bonds is 4. The molecule has 1 aromatic carbocycles. The summed E-state index contributed by atoms with van der Waals surface area (Å²) in [5, 5.41) is 13.7. The predicted molar refractivity (Wildman–Crippen MR) is 67.6 cm³/mol. The number of carboxylic acid groups (broad SMARTS) is 1. The molecule has 2 rings (SSSR count). The van der Waals surface area contributed by atoms with Gasteiger partial charge in [-0.2, -0.15) is 0 Å². The standard InChI is InChI=1S/C11H8FNO5S2/c12-7-5-6(20(13,16)17)1-3-9(7)19-10-4-2-8(18-10)11(14)15/h1-5H,(H,14,15)(H2,13,16,17). The van der Waals surface area contributed by atoms with Crippen LogP contribution < -0.4 is 5.14 Å². The van der Waals surface area contributed by atoms with Crippen LogP contribution in [0.3, 0.4) is 0 Å². The molecule has 9 heteroatoms. The van der Waals surface area contributed by atoms with Crippen LogP contribution in [0.15, 0.2) is 49.6 Å². The van der Waals surface area contributed by atoms with Gasteiger partial charge in [0.1, 0.15) is 5.82 Å². The molecule has 0 fully saturated rings. The summed E-state index contributed by atoms with van der Waals surface area (Å²) in [5.41, 5.74) is 0. The van der Waals surface area contributed by atoms with E-state index in [1.165, 1.54) is 18.2 Å². The molecule has 0 saturated carbocycles. The predicted octanol–water partition coefficient (Wildman–Crippen LogP) is 1.92. The van der Waals surface area contributed by atoms with Gasteiger partial charge in [0.15, 0.2) is 5.09 Å². The zero-order chi connectivity index (χ0) is 14.9. The van der Waals surface area contributed by atoms with Crippen LogP contribution in [-0.4, -0.2) is 19.5 Å². The molecule has 0 amide bonds. The highest BCUT2D eigenvalue weighted by Crippen LogP contribution is 2.32. The molecular weight excluding hydrogens is 309 g/mol. The van der Waals surface area contributed by atoms with Crippen molar-refractivity contribution in [3.8, 4) is 0 Å². The molecule has 2 aromatic rings.